The fourth-order valence-corrected chi connectivity index (χ4v) is 3.28. The zero-order valence-corrected chi connectivity index (χ0v) is 13.8. The SMILES string of the molecule is CCCCCCCCCCCCC(CC1CCC1)NN. The Kier molecular flexibility index (Phi) is 11.4. The lowest BCUT2D eigenvalue weighted by Gasteiger charge is -2.29. The van der Waals surface area contributed by atoms with Crippen molar-refractivity contribution in [2.24, 2.45) is 11.8 Å². The maximum atomic E-state index is 5.67. The van der Waals surface area contributed by atoms with E-state index < -0.39 is 0 Å². The quantitative estimate of drug-likeness (QED) is 0.257. The maximum absolute atomic E-state index is 5.67. The highest BCUT2D eigenvalue weighted by molar-refractivity contribution is 4.76. The Balaban J connectivity index is 1.80. The van der Waals surface area contributed by atoms with E-state index in [0.29, 0.717) is 6.04 Å². The van der Waals surface area contributed by atoms with E-state index in [9.17, 15) is 0 Å². The second-order valence-corrected chi connectivity index (χ2v) is 6.87. The standard InChI is InChI=1S/C18H38N2/c1-2-3-4-5-6-7-8-9-10-11-15-18(20-19)16-17-13-12-14-17/h17-18,20H,2-16,19H2,1H3. The summed E-state index contributed by atoms with van der Waals surface area (Å²) in [7, 11) is 0. The summed E-state index contributed by atoms with van der Waals surface area (Å²) < 4.78 is 0. The van der Waals surface area contributed by atoms with Crippen molar-refractivity contribution < 1.29 is 0 Å². The third-order valence-electron chi connectivity index (χ3n) is 4.98. The van der Waals surface area contributed by atoms with Crippen molar-refractivity contribution in [1.29, 1.82) is 0 Å². The number of hydrogen-bond acceptors (Lipinski definition) is 2. The average molecular weight is 283 g/mol. The van der Waals surface area contributed by atoms with Gasteiger partial charge >= 0.3 is 0 Å². The van der Waals surface area contributed by atoms with Crippen LogP contribution < -0.4 is 11.3 Å². The molecule has 1 aliphatic rings. The smallest absolute Gasteiger partial charge is 0.0213 e. The summed E-state index contributed by atoms with van der Waals surface area (Å²) in [5, 5.41) is 0. The van der Waals surface area contributed by atoms with Crippen LogP contribution in [0.1, 0.15) is 103 Å². The zero-order valence-electron chi connectivity index (χ0n) is 13.8. The van der Waals surface area contributed by atoms with Crippen molar-refractivity contribution in [3.8, 4) is 0 Å². The molecule has 0 radical (unpaired) electrons. The first-order valence-electron chi connectivity index (χ1n) is 9.33. The second kappa shape index (κ2) is 12.6. The van der Waals surface area contributed by atoms with E-state index >= 15 is 0 Å². The van der Waals surface area contributed by atoms with Crippen LogP contribution >= 0.6 is 0 Å². The number of nitrogens with two attached hydrogens (primary N) is 1. The molecule has 0 amide bonds. The summed E-state index contributed by atoms with van der Waals surface area (Å²) in [6.07, 6.45) is 21.1. The van der Waals surface area contributed by atoms with Crippen molar-refractivity contribution in [2.45, 2.75) is 109 Å². The molecule has 0 aromatic rings. The summed E-state index contributed by atoms with van der Waals surface area (Å²) in [4.78, 5) is 0. The molecule has 3 N–H and O–H groups in total. The highest BCUT2D eigenvalue weighted by Crippen LogP contribution is 2.31. The number of rotatable bonds is 14. The third kappa shape index (κ3) is 8.97. The molecule has 1 rings (SSSR count). The number of hydrogen-bond donors (Lipinski definition) is 2. The van der Waals surface area contributed by atoms with Gasteiger partial charge in [-0.2, -0.15) is 0 Å². The molecule has 0 aromatic heterocycles. The van der Waals surface area contributed by atoms with Gasteiger partial charge in [0.15, 0.2) is 0 Å². The monoisotopic (exact) mass is 282 g/mol. The molecule has 0 heterocycles. The van der Waals surface area contributed by atoms with Gasteiger partial charge in [0.1, 0.15) is 0 Å². The molecule has 1 unspecified atom stereocenters. The number of nitrogens with one attached hydrogen (secondary N) is 1. The van der Waals surface area contributed by atoms with Crippen LogP contribution in [-0.4, -0.2) is 6.04 Å². The fourth-order valence-electron chi connectivity index (χ4n) is 3.28. The zero-order chi connectivity index (χ0) is 14.5. The molecule has 20 heavy (non-hydrogen) atoms. The Morgan fingerprint density at radius 3 is 1.90 bits per heavy atom. The van der Waals surface area contributed by atoms with Crippen LogP contribution in [-0.2, 0) is 0 Å². The first-order chi connectivity index (χ1) is 9.86. The molecule has 120 valence electrons. The molecule has 1 fully saturated rings. The van der Waals surface area contributed by atoms with E-state index in [1.165, 1.54) is 96.3 Å². The Bertz CT molecular complexity index is 202. The van der Waals surface area contributed by atoms with Crippen molar-refractivity contribution in [2.75, 3.05) is 0 Å². The minimum absolute atomic E-state index is 0.578. The van der Waals surface area contributed by atoms with Gasteiger partial charge in [-0.1, -0.05) is 90.4 Å². The molecule has 0 aromatic carbocycles. The predicted molar refractivity (Wildman–Crippen MR) is 89.5 cm³/mol. The Labute approximate surface area is 127 Å². The summed E-state index contributed by atoms with van der Waals surface area (Å²) in [5.41, 5.74) is 3.03. The maximum Gasteiger partial charge on any atom is 0.0213 e. The van der Waals surface area contributed by atoms with E-state index in [4.69, 9.17) is 5.84 Å². The Morgan fingerprint density at radius 2 is 1.45 bits per heavy atom. The number of unbranched alkanes of at least 4 members (excludes halogenated alkanes) is 9. The van der Waals surface area contributed by atoms with Gasteiger partial charge < -0.3 is 0 Å². The molecule has 2 heteroatoms. The van der Waals surface area contributed by atoms with E-state index in [-0.39, 0.29) is 0 Å². The highest BCUT2D eigenvalue weighted by Gasteiger charge is 2.21. The normalized spacial score (nSPS) is 17.1. The van der Waals surface area contributed by atoms with Gasteiger partial charge in [0, 0.05) is 6.04 Å². The molecule has 1 aliphatic carbocycles. The lowest BCUT2D eigenvalue weighted by Crippen LogP contribution is -2.37. The lowest BCUT2D eigenvalue weighted by atomic mass is 9.80. The second-order valence-electron chi connectivity index (χ2n) is 6.87. The van der Waals surface area contributed by atoms with Crippen LogP contribution in [0, 0.1) is 5.92 Å². The molecule has 2 nitrogen and oxygen atoms in total. The van der Waals surface area contributed by atoms with Crippen LogP contribution in [0.2, 0.25) is 0 Å². The van der Waals surface area contributed by atoms with Gasteiger partial charge in [-0.25, -0.2) is 0 Å². The summed E-state index contributed by atoms with van der Waals surface area (Å²) in [5.74, 6) is 6.64. The predicted octanol–water partition coefficient (Wildman–Crippen LogP) is 5.32. The molecule has 0 aliphatic heterocycles. The topological polar surface area (TPSA) is 38.0 Å². The fraction of sp³-hybridized carbons (Fsp3) is 1.00. The molecule has 1 atom stereocenters. The van der Waals surface area contributed by atoms with Crippen LogP contribution in [0.25, 0.3) is 0 Å². The number of hydrazine groups is 1. The largest absolute Gasteiger partial charge is 0.271 e. The highest BCUT2D eigenvalue weighted by atomic mass is 15.2. The van der Waals surface area contributed by atoms with Gasteiger partial charge in [-0.3, -0.25) is 11.3 Å². The van der Waals surface area contributed by atoms with Crippen molar-refractivity contribution in [3.63, 3.8) is 0 Å². The van der Waals surface area contributed by atoms with Crippen LogP contribution in [0.4, 0.5) is 0 Å². The van der Waals surface area contributed by atoms with Gasteiger partial charge in [-0.15, -0.1) is 0 Å². The Morgan fingerprint density at radius 1 is 0.900 bits per heavy atom. The van der Waals surface area contributed by atoms with Gasteiger partial charge in [0.05, 0.1) is 0 Å². The van der Waals surface area contributed by atoms with E-state index in [2.05, 4.69) is 12.3 Å². The first-order valence-corrected chi connectivity index (χ1v) is 9.33. The van der Waals surface area contributed by atoms with Gasteiger partial charge in [0.2, 0.25) is 0 Å². The van der Waals surface area contributed by atoms with Gasteiger partial charge in [0.25, 0.3) is 0 Å². The van der Waals surface area contributed by atoms with Crippen molar-refractivity contribution >= 4 is 0 Å². The molecular weight excluding hydrogens is 244 g/mol. The molecule has 0 saturated heterocycles. The van der Waals surface area contributed by atoms with E-state index in [1.54, 1.807) is 0 Å². The summed E-state index contributed by atoms with van der Waals surface area (Å²) in [6.45, 7) is 2.29. The molecule has 1 saturated carbocycles. The first kappa shape index (κ1) is 18.0. The van der Waals surface area contributed by atoms with E-state index in [1.807, 2.05) is 0 Å². The average Bonchev–Trinajstić information content (AvgIpc) is 2.42. The van der Waals surface area contributed by atoms with Crippen LogP contribution in [0.5, 0.6) is 0 Å². The molecular formula is C18H38N2. The minimum atomic E-state index is 0.578. The summed E-state index contributed by atoms with van der Waals surface area (Å²) in [6, 6.07) is 0.578. The van der Waals surface area contributed by atoms with E-state index in [0.717, 1.165) is 5.92 Å². The minimum Gasteiger partial charge on any atom is -0.271 e. The third-order valence-corrected chi connectivity index (χ3v) is 4.98. The van der Waals surface area contributed by atoms with Crippen LogP contribution in [0.15, 0.2) is 0 Å². The summed E-state index contributed by atoms with van der Waals surface area (Å²) >= 11 is 0. The lowest BCUT2D eigenvalue weighted by molar-refractivity contribution is 0.252. The Hall–Kier alpha value is -0.0800. The molecule has 0 spiro atoms. The van der Waals surface area contributed by atoms with Gasteiger partial charge in [-0.05, 0) is 18.8 Å². The molecule has 0 bridgehead atoms. The van der Waals surface area contributed by atoms with Crippen molar-refractivity contribution in [1.82, 2.24) is 5.43 Å². The van der Waals surface area contributed by atoms with Crippen molar-refractivity contribution in [3.05, 3.63) is 0 Å². The van der Waals surface area contributed by atoms with Crippen LogP contribution in [0.3, 0.4) is 0 Å².